The Hall–Kier alpha value is -3.26. The van der Waals surface area contributed by atoms with E-state index in [-0.39, 0.29) is 30.5 Å². The molecule has 0 atom stereocenters. The molecule has 2 aromatic carbocycles. The average molecular weight is 425 g/mol. The molecule has 2 N–H and O–H groups in total. The van der Waals surface area contributed by atoms with Gasteiger partial charge >= 0.3 is 0 Å². The van der Waals surface area contributed by atoms with E-state index in [1.807, 2.05) is 36.9 Å². The molecule has 31 heavy (non-hydrogen) atoms. The highest BCUT2D eigenvalue weighted by Crippen LogP contribution is 2.27. The fraction of sp³-hybridized carbons (Fsp3) is 0.391. The summed E-state index contributed by atoms with van der Waals surface area (Å²) in [7, 11) is 0. The van der Waals surface area contributed by atoms with Crippen LogP contribution in [0.4, 0.5) is 17.1 Å². The van der Waals surface area contributed by atoms with Crippen molar-refractivity contribution in [1.82, 2.24) is 4.90 Å². The maximum Gasteiger partial charge on any atom is 0.271 e. The molecule has 2 amide bonds. The maximum atomic E-state index is 12.6. The highest BCUT2D eigenvalue weighted by atomic mass is 16.6. The van der Waals surface area contributed by atoms with Crippen LogP contribution in [0.25, 0.3) is 0 Å². The molecular formula is C23H28N4O4. The Labute approximate surface area is 181 Å². The first-order valence-corrected chi connectivity index (χ1v) is 10.4. The molecule has 1 saturated carbocycles. The van der Waals surface area contributed by atoms with Gasteiger partial charge < -0.3 is 10.6 Å². The van der Waals surface area contributed by atoms with Crippen molar-refractivity contribution in [2.75, 3.05) is 23.7 Å². The summed E-state index contributed by atoms with van der Waals surface area (Å²) in [6.07, 6.45) is 2.24. The summed E-state index contributed by atoms with van der Waals surface area (Å²) in [6.45, 7) is 6.39. The Morgan fingerprint density at radius 3 is 2.26 bits per heavy atom. The number of amides is 2. The molecule has 3 rings (SSSR count). The van der Waals surface area contributed by atoms with Gasteiger partial charge in [-0.3, -0.25) is 24.6 Å². The monoisotopic (exact) mass is 424 g/mol. The lowest BCUT2D eigenvalue weighted by Gasteiger charge is -2.21. The van der Waals surface area contributed by atoms with Gasteiger partial charge in [-0.2, -0.15) is 0 Å². The van der Waals surface area contributed by atoms with Crippen LogP contribution in [0, 0.1) is 30.9 Å². The Morgan fingerprint density at radius 2 is 1.61 bits per heavy atom. The standard InChI is InChI=1S/C23H28N4O4/c1-15-4-5-16(2)20(12-15)25-23(29)14-26(18-8-9-18)11-10-22(28)24-21-13-19(27(30)31)7-6-17(21)3/h4-7,12-13,18H,8-11,14H2,1-3H3,(H,24,28)(H,25,29). The number of nitro groups is 1. The van der Waals surface area contributed by atoms with Crippen molar-refractivity contribution in [3.63, 3.8) is 0 Å². The summed E-state index contributed by atoms with van der Waals surface area (Å²) in [5.74, 6) is -0.334. The third kappa shape index (κ3) is 6.36. The first kappa shape index (κ1) is 22.4. The summed E-state index contributed by atoms with van der Waals surface area (Å²) in [6, 6.07) is 10.6. The van der Waals surface area contributed by atoms with E-state index in [0.717, 1.165) is 35.2 Å². The molecule has 0 unspecified atom stereocenters. The molecule has 0 saturated heterocycles. The molecule has 0 radical (unpaired) electrons. The Kier molecular flexibility index (Phi) is 7.02. The molecule has 8 nitrogen and oxygen atoms in total. The Morgan fingerprint density at radius 1 is 1.00 bits per heavy atom. The Bertz CT molecular complexity index is 1000. The maximum absolute atomic E-state index is 12.6. The molecule has 0 aliphatic heterocycles. The number of nitro benzene ring substituents is 1. The number of aryl methyl sites for hydroxylation is 3. The summed E-state index contributed by atoms with van der Waals surface area (Å²) in [5.41, 5.74) is 4.01. The van der Waals surface area contributed by atoms with Gasteiger partial charge in [-0.05, 0) is 56.4 Å². The van der Waals surface area contributed by atoms with E-state index in [2.05, 4.69) is 10.6 Å². The van der Waals surface area contributed by atoms with Crippen molar-refractivity contribution >= 4 is 28.9 Å². The van der Waals surface area contributed by atoms with Crippen molar-refractivity contribution in [2.45, 2.75) is 46.1 Å². The molecular weight excluding hydrogens is 396 g/mol. The summed E-state index contributed by atoms with van der Waals surface area (Å²) < 4.78 is 0. The van der Waals surface area contributed by atoms with Crippen LogP contribution in [0.2, 0.25) is 0 Å². The number of nitrogens with zero attached hydrogens (tertiary/aromatic N) is 2. The lowest BCUT2D eigenvalue weighted by Crippen LogP contribution is -2.37. The van der Waals surface area contributed by atoms with Crippen LogP contribution < -0.4 is 10.6 Å². The van der Waals surface area contributed by atoms with E-state index < -0.39 is 4.92 Å². The number of carbonyl (C=O) groups excluding carboxylic acids is 2. The van der Waals surface area contributed by atoms with Gasteiger partial charge in [0.2, 0.25) is 11.8 Å². The third-order valence-electron chi connectivity index (χ3n) is 5.41. The van der Waals surface area contributed by atoms with E-state index in [1.54, 1.807) is 13.0 Å². The number of benzene rings is 2. The molecule has 0 spiro atoms. The fourth-order valence-corrected chi connectivity index (χ4v) is 3.39. The zero-order valence-electron chi connectivity index (χ0n) is 18.1. The van der Waals surface area contributed by atoms with Crippen LogP contribution in [0.5, 0.6) is 0 Å². The summed E-state index contributed by atoms with van der Waals surface area (Å²) in [5, 5.41) is 16.7. The van der Waals surface area contributed by atoms with Crippen molar-refractivity contribution < 1.29 is 14.5 Å². The number of carbonyl (C=O) groups is 2. The van der Waals surface area contributed by atoms with Crippen LogP contribution in [0.15, 0.2) is 36.4 Å². The summed E-state index contributed by atoms with van der Waals surface area (Å²) in [4.78, 5) is 37.5. The van der Waals surface area contributed by atoms with Gasteiger partial charge in [0, 0.05) is 36.8 Å². The van der Waals surface area contributed by atoms with Gasteiger partial charge in [0.05, 0.1) is 17.2 Å². The van der Waals surface area contributed by atoms with Crippen molar-refractivity contribution in [1.29, 1.82) is 0 Å². The molecule has 1 fully saturated rings. The summed E-state index contributed by atoms with van der Waals surface area (Å²) >= 11 is 0. The van der Waals surface area contributed by atoms with Crippen LogP contribution in [-0.4, -0.2) is 40.8 Å². The van der Waals surface area contributed by atoms with Crippen LogP contribution in [-0.2, 0) is 9.59 Å². The lowest BCUT2D eigenvalue weighted by molar-refractivity contribution is -0.384. The van der Waals surface area contributed by atoms with Gasteiger partial charge in [0.15, 0.2) is 0 Å². The second-order valence-corrected chi connectivity index (χ2v) is 8.12. The number of hydrogen-bond acceptors (Lipinski definition) is 5. The first-order valence-electron chi connectivity index (χ1n) is 10.4. The molecule has 164 valence electrons. The molecule has 0 aromatic heterocycles. The number of anilines is 2. The van der Waals surface area contributed by atoms with Crippen molar-refractivity contribution in [2.24, 2.45) is 0 Å². The fourth-order valence-electron chi connectivity index (χ4n) is 3.39. The lowest BCUT2D eigenvalue weighted by atomic mass is 10.1. The van der Waals surface area contributed by atoms with E-state index in [1.165, 1.54) is 12.1 Å². The number of hydrogen-bond donors (Lipinski definition) is 2. The van der Waals surface area contributed by atoms with E-state index in [9.17, 15) is 19.7 Å². The predicted molar refractivity (Wildman–Crippen MR) is 120 cm³/mol. The largest absolute Gasteiger partial charge is 0.326 e. The van der Waals surface area contributed by atoms with Gasteiger partial charge in [-0.15, -0.1) is 0 Å². The van der Waals surface area contributed by atoms with E-state index >= 15 is 0 Å². The number of rotatable bonds is 9. The highest BCUT2D eigenvalue weighted by Gasteiger charge is 2.30. The molecule has 0 bridgehead atoms. The number of non-ortho nitro benzene ring substituents is 1. The van der Waals surface area contributed by atoms with Crippen LogP contribution in [0.1, 0.15) is 36.0 Å². The van der Waals surface area contributed by atoms with E-state index in [0.29, 0.717) is 18.3 Å². The van der Waals surface area contributed by atoms with Gasteiger partial charge in [-0.25, -0.2) is 0 Å². The van der Waals surface area contributed by atoms with Crippen molar-refractivity contribution in [3.8, 4) is 0 Å². The third-order valence-corrected chi connectivity index (χ3v) is 5.41. The van der Waals surface area contributed by atoms with Crippen LogP contribution in [0.3, 0.4) is 0 Å². The molecule has 8 heteroatoms. The molecule has 0 heterocycles. The zero-order chi connectivity index (χ0) is 22.5. The van der Waals surface area contributed by atoms with Crippen molar-refractivity contribution in [3.05, 3.63) is 63.2 Å². The number of nitrogens with one attached hydrogen (secondary N) is 2. The normalized spacial score (nSPS) is 13.2. The second kappa shape index (κ2) is 9.70. The zero-order valence-corrected chi connectivity index (χ0v) is 18.1. The smallest absolute Gasteiger partial charge is 0.271 e. The Balaban J connectivity index is 1.55. The minimum atomic E-state index is -0.488. The molecule has 2 aromatic rings. The molecule has 1 aliphatic carbocycles. The minimum Gasteiger partial charge on any atom is -0.326 e. The van der Waals surface area contributed by atoms with Gasteiger partial charge in [-0.1, -0.05) is 18.2 Å². The second-order valence-electron chi connectivity index (χ2n) is 8.12. The molecule has 1 aliphatic rings. The first-order chi connectivity index (χ1) is 14.7. The SMILES string of the molecule is Cc1ccc(C)c(NC(=O)CN(CCC(=O)Nc2cc([N+](=O)[O-])ccc2C)C2CC2)c1. The van der Waals surface area contributed by atoms with Crippen LogP contribution >= 0.6 is 0 Å². The quantitative estimate of drug-likeness (QED) is 0.468. The topological polar surface area (TPSA) is 105 Å². The average Bonchev–Trinajstić information content (AvgIpc) is 3.54. The van der Waals surface area contributed by atoms with E-state index in [4.69, 9.17) is 0 Å². The van der Waals surface area contributed by atoms with Gasteiger partial charge in [0.25, 0.3) is 5.69 Å². The minimum absolute atomic E-state index is 0.0661. The predicted octanol–water partition coefficient (Wildman–Crippen LogP) is 3.95. The highest BCUT2D eigenvalue weighted by molar-refractivity contribution is 5.93. The van der Waals surface area contributed by atoms with Gasteiger partial charge in [0.1, 0.15) is 0 Å².